The molecule has 4 aromatic rings. The van der Waals surface area contributed by atoms with Gasteiger partial charge in [-0.15, -0.1) is 24.5 Å². The maximum atomic E-state index is 5.60. The monoisotopic (exact) mass is 390 g/mol. The van der Waals surface area contributed by atoms with Crippen LogP contribution in [0.4, 0.5) is 0 Å². The van der Waals surface area contributed by atoms with Gasteiger partial charge in [-0.2, -0.15) is 0 Å². The minimum atomic E-state index is 0.461. The molecule has 0 saturated carbocycles. The van der Waals surface area contributed by atoms with E-state index in [-0.39, 0.29) is 0 Å². The second kappa shape index (κ2) is 8.45. The Labute approximate surface area is 166 Å². The summed E-state index contributed by atoms with van der Waals surface area (Å²) in [5, 5.41) is 1.75. The average molecular weight is 390 g/mol. The number of amidine groups is 1. The van der Waals surface area contributed by atoms with Gasteiger partial charge >= 0.3 is 0 Å². The van der Waals surface area contributed by atoms with Crippen molar-refractivity contribution in [3.63, 3.8) is 0 Å². The molecular formula is C20H18N6OS. The predicted molar refractivity (Wildman–Crippen MR) is 114 cm³/mol. The van der Waals surface area contributed by atoms with E-state index in [1.54, 1.807) is 25.7 Å². The predicted octanol–water partition coefficient (Wildman–Crippen LogP) is 4.60. The van der Waals surface area contributed by atoms with Crippen molar-refractivity contribution in [3.05, 3.63) is 61.7 Å². The number of aliphatic imine (C=N–C) groups is 2. The maximum Gasteiger partial charge on any atom is 0.172 e. The first kappa shape index (κ1) is 19.2. The number of aromatic nitrogens is 4. The molecule has 0 saturated heterocycles. The van der Waals surface area contributed by atoms with Gasteiger partial charge in [0, 0.05) is 36.5 Å². The molecule has 0 fully saturated rings. The molecule has 7 nitrogen and oxygen atoms in total. The van der Waals surface area contributed by atoms with Crippen LogP contribution in [0.1, 0.15) is 11.4 Å². The lowest BCUT2D eigenvalue weighted by Crippen LogP contribution is -2.01. The third kappa shape index (κ3) is 3.49. The molecule has 0 aliphatic heterocycles. The lowest BCUT2D eigenvalue weighted by atomic mass is 10.1. The smallest absolute Gasteiger partial charge is 0.172 e. The van der Waals surface area contributed by atoms with Crippen molar-refractivity contribution in [1.82, 2.24) is 19.9 Å². The fraction of sp³-hybridized carbons (Fsp3) is 0.100. The highest BCUT2D eigenvalue weighted by Gasteiger charge is 2.18. The van der Waals surface area contributed by atoms with Crippen molar-refractivity contribution in [2.45, 2.75) is 6.92 Å². The van der Waals surface area contributed by atoms with Gasteiger partial charge in [0.15, 0.2) is 5.84 Å². The van der Waals surface area contributed by atoms with Crippen LogP contribution in [0.2, 0.25) is 0 Å². The van der Waals surface area contributed by atoms with E-state index in [9.17, 15) is 0 Å². The zero-order valence-electron chi connectivity index (χ0n) is 15.6. The summed E-state index contributed by atoms with van der Waals surface area (Å²) in [5.74, 6) is 0.461. The number of aryl methyl sites for hydroxylation is 1. The van der Waals surface area contributed by atoms with Gasteiger partial charge < -0.3 is 4.42 Å². The molecule has 8 heteroatoms. The van der Waals surface area contributed by atoms with Crippen molar-refractivity contribution >= 4 is 34.9 Å². The summed E-state index contributed by atoms with van der Waals surface area (Å²) < 4.78 is 5.60. The highest BCUT2D eigenvalue weighted by Crippen LogP contribution is 2.37. The first-order valence-electron chi connectivity index (χ1n) is 8.26. The van der Waals surface area contributed by atoms with Crippen molar-refractivity contribution < 1.29 is 4.42 Å². The molecule has 140 valence electrons. The molecule has 4 heterocycles. The molecule has 4 aromatic heterocycles. The fourth-order valence-corrected chi connectivity index (χ4v) is 3.71. The molecular weight excluding hydrogens is 372 g/mol. The Morgan fingerprint density at radius 3 is 2.61 bits per heavy atom. The van der Waals surface area contributed by atoms with E-state index in [0.717, 1.165) is 32.2 Å². The molecule has 0 aromatic carbocycles. The molecule has 4 rings (SSSR count). The van der Waals surface area contributed by atoms with Gasteiger partial charge in [0.05, 0.1) is 22.5 Å². The first-order chi connectivity index (χ1) is 13.7. The van der Waals surface area contributed by atoms with E-state index in [1.807, 2.05) is 19.1 Å². The average Bonchev–Trinajstić information content (AvgIpc) is 3.37. The van der Waals surface area contributed by atoms with E-state index < -0.39 is 0 Å². The van der Waals surface area contributed by atoms with Crippen LogP contribution in [0, 0.1) is 6.92 Å². The van der Waals surface area contributed by atoms with E-state index in [1.165, 1.54) is 17.7 Å². The highest BCUT2D eigenvalue weighted by atomic mass is 32.1. The lowest BCUT2D eigenvalue weighted by molar-refractivity contribution is 0.615. The van der Waals surface area contributed by atoms with Gasteiger partial charge in [0.2, 0.25) is 0 Å². The molecule has 0 aliphatic carbocycles. The summed E-state index contributed by atoms with van der Waals surface area (Å²) in [5.41, 5.74) is 3.86. The summed E-state index contributed by atoms with van der Waals surface area (Å²) in [6.45, 7) is 11.5. The van der Waals surface area contributed by atoms with Crippen LogP contribution in [0.5, 0.6) is 0 Å². The van der Waals surface area contributed by atoms with Crippen molar-refractivity contribution in [2.24, 2.45) is 9.98 Å². The lowest BCUT2D eigenvalue weighted by Gasteiger charge is -2.05. The van der Waals surface area contributed by atoms with Gasteiger partial charge in [0.1, 0.15) is 22.6 Å². The van der Waals surface area contributed by atoms with Gasteiger partial charge in [-0.3, -0.25) is 4.99 Å². The molecule has 0 spiro atoms. The molecule has 0 amide bonds. The van der Waals surface area contributed by atoms with Gasteiger partial charge in [0.25, 0.3) is 0 Å². The van der Waals surface area contributed by atoms with Crippen LogP contribution in [-0.4, -0.2) is 39.5 Å². The van der Waals surface area contributed by atoms with Crippen molar-refractivity contribution in [3.8, 4) is 21.1 Å². The molecule has 0 aliphatic rings. The molecule has 28 heavy (non-hydrogen) atoms. The van der Waals surface area contributed by atoms with Crippen LogP contribution in [0.3, 0.4) is 0 Å². The Morgan fingerprint density at radius 2 is 1.93 bits per heavy atom. The second-order valence-corrected chi connectivity index (χ2v) is 6.45. The summed E-state index contributed by atoms with van der Waals surface area (Å²) in [7, 11) is 1.66. The maximum absolute atomic E-state index is 5.60. The second-order valence-electron chi connectivity index (χ2n) is 5.45. The molecule has 0 N–H and O–H groups in total. The van der Waals surface area contributed by atoms with E-state index in [2.05, 4.69) is 44.8 Å². The summed E-state index contributed by atoms with van der Waals surface area (Å²) in [6, 6.07) is 3.72. The number of pyridine rings is 1. The number of nitrogens with zero attached hydrogens (tertiary/aromatic N) is 6. The summed E-state index contributed by atoms with van der Waals surface area (Å²) >= 11 is 1.54. The normalized spacial score (nSPS) is 11.1. The molecule has 0 bridgehead atoms. The Hall–Kier alpha value is -3.52. The quantitative estimate of drug-likeness (QED) is 0.290. The van der Waals surface area contributed by atoms with Crippen molar-refractivity contribution in [1.29, 1.82) is 0 Å². The summed E-state index contributed by atoms with van der Waals surface area (Å²) in [4.78, 5) is 26.6. The number of hydrogen-bond acceptors (Lipinski definition) is 7. The Bertz CT molecular complexity index is 1150. The third-order valence-electron chi connectivity index (χ3n) is 3.86. The fourth-order valence-electron chi connectivity index (χ4n) is 2.67. The highest BCUT2D eigenvalue weighted by molar-refractivity contribution is 7.18. The number of furan rings is 1. The minimum Gasteiger partial charge on any atom is -0.464 e. The number of hydrogen-bond donors (Lipinski definition) is 0. The van der Waals surface area contributed by atoms with E-state index in [0.29, 0.717) is 17.1 Å². The van der Waals surface area contributed by atoms with Crippen LogP contribution in [-0.2, 0) is 0 Å². The Kier molecular flexibility index (Phi) is 5.81. The summed E-state index contributed by atoms with van der Waals surface area (Å²) in [6.07, 6.45) is 6.64. The van der Waals surface area contributed by atoms with Gasteiger partial charge in [-0.1, -0.05) is 0 Å². The van der Waals surface area contributed by atoms with Crippen LogP contribution >= 0.6 is 11.3 Å². The molecule has 0 unspecified atom stereocenters. The SMILES string of the molecule is C=C.C=NC(=NC)c1cc2occc2c(-c2sc(-c3cncnc3)nc2C)n1. The van der Waals surface area contributed by atoms with Crippen LogP contribution in [0.25, 0.3) is 32.1 Å². The standard InChI is InChI=1S/C18H14N6OS.C2H4/c1-10-16(26-18(23-10)11-7-21-9-22-8-11)15-12-4-5-25-14(12)6-13(24-15)17(19-2)20-3;1-2/h4-9H,2H2,1,3H3;1-2H2. The Balaban J connectivity index is 0.00000109. The van der Waals surface area contributed by atoms with Crippen LogP contribution in [0.15, 0.2) is 64.7 Å². The Morgan fingerprint density at radius 1 is 1.18 bits per heavy atom. The number of thiazole rings is 1. The topological polar surface area (TPSA) is 89.4 Å². The van der Waals surface area contributed by atoms with Gasteiger partial charge in [-0.05, 0) is 19.7 Å². The van der Waals surface area contributed by atoms with E-state index >= 15 is 0 Å². The molecule has 0 radical (unpaired) electrons. The van der Waals surface area contributed by atoms with E-state index in [4.69, 9.17) is 9.40 Å². The largest absolute Gasteiger partial charge is 0.464 e. The zero-order chi connectivity index (χ0) is 20.1. The molecule has 0 atom stereocenters. The number of fused-ring (bicyclic) bond motifs is 1. The van der Waals surface area contributed by atoms with Crippen molar-refractivity contribution in [2.75, 3.05) is 7.05 Å². The zero-order valence-corrected chi connectivity index (χ0v) is 16.4. The third-order valence-corrected chi connectivity index (χ3v) is 5.07. The van der Waals surface area contributed by atoms with Gasteiger partial charge in [-0.25, -0.2) is 24.9 Å². The van der Waals surface area contributed by atoms with Crippen LogP contribution < -0.4 is 0 Å². The number of rotatable bonds is 3. The minimum absolute atomic E-state index is 0.461. The first-order valence-corrected chi connectivity index (χ1v) is 9.08.